The number of hydrazone groups is 1. The average molecular weight is 524 g/mol. The van der Waals surface area contributed by atoms with Crippen molar-refractivity contribution in [1.82, 2.24) is 10.3 Å². The third-order valence-electron chi connectivity index (χ3n) is 6.15. The molecule has 0 aromatic heterocycles. The molecule has 2 heterocycles. The molecule has 0 amide bonds. The lowest BCUT2D eigenvalue weighted by atomic mass is 10.1. The predicted molar refractivity (Wildman–Crippen MR) is 145 cm³/mol. The molecule has 0 spiro atoms. The number of halogens is 3. The predicted octanol–water partition coefficient (Wildman–Crippen LogP) is 3.38. The molecule has 2 aliphatic heterocycles. The highest BCUT2D eigenvalue weighted by Gasteiger charge is 2.24. The van der Waals surface area contributed by atoms with Gasteiger partial charge in [-0.2, -0.15) is 5.10 Å². The molecule has 2 fully saturated rings. The first kappa shape index (κ1) is 24.8. The number of piperazine rings is 2. The van der Waals surface area contributed by atoms with Crippen LogP contribution in [0, 0.1) is 5.82 Å². The molecule has 7 nitrogen and oxygen atoms in total. The fraction of sp³-hybridized carbons (Fsp3) is 0.391. The summed E-state index contributed by atoms with van der Waals surface area (Å²) < 4.78 is 15.3. The summed E-state index contributed by atoms with van der Waals surface area (Å²) in [6.07, 6.45) is 1.57. The number of hydrogen-bond donors (Lipinski definition) is 2. The van der Waals surface area contributed by atoms with Crippen molar-refractivity contribution in [3.8, 4) is 0 Å². The second kappa shape index (κ2) is 10.9. The Morgan fingerprint density at radius 3 is 2.09 bits per heavy atom. The molecule has 2 aromatic rings. The second-order valence-corrected chi connectivity index (χ2v) is 9.80. The van der Waals surface area contributed by atoms with Gasteiger partial charge in [0.15, 0.2) is 5.11 Å². The van der Waals surface area contributed by atoms with Gasteiger partial charge in [0.05, 0.1) is 11.9 Å². The van der Waals surface area contributed by atoms with Crippen molar-refractivity contribution in [2.45, 2.75) is 0 Å². The van der Waals surface area contributed by atoms with Crippen molar-refractivity contribution in [1.29, 1.82) is 0 Å². The molecule has 0 radical (unpaired) electrons. The van der Waals surface area contributed by atoms with Gasteiger partial charge in [0.25, 0.3) is 0 Å². The molecule has 0 atom stereocenters. The van der Waals surface area contributed by atoms with Crippen LogP contribution >= 0.6 is 35.4 Å². The van der Waals surface area contributed by atoms with Gasteiger partial charge in [0.1, 0.15) is 5.82 Å². The third kappa shape index (κ3) is 6.02. The van der Waals surface area contributed by atoms with E-state index in [1.807, 2.05) is 18.2 Å². The lowest BCUT2D eigenvalue weighted by Gasteiger charge is -2.39. The minimum Gasteiger partial charge on any atom is -0.375 e. The van der Waals surface area contributed by atoms with Crippen LogP contribution in [-0.4, -0.2) is 75.6 Å². The number of benzene rings is 2. The summed E-state index contributed by atoms with van der Waals surface area (Å²) in [6, 6.07) is 9.01. The standard InChI is InChI=1S/C23H28Cl2FN7S/c1-30-2-4-32(5-3-30)21-14-22(20(26)10-16(21)15-28-29-23(27)34)33-8-6-31(7-9-33)19-12-17(24)11-18(25)13-19/h10-15H,2-9H2,1H3,(H3,27,29,34). The minimum atomic E-state index is -0.283. The molecule has 4 rings (SSSR count). The largest absolute Gasteiger partial charge is 0.375 e. The van der Waals surface area contributed by atoms with Crippen LogP contribution in [0.2, 0.25) is 10.0 Å². The highest BCUT2D eigenvalue weighted by Crippen LogP contribution is 2.32. The van der Waals surface area contributed by atoms with Crippen molar-refractivity contribution in [2.24, 2.45) is 10.8 Å². The molecule has 3 N–H and O–H groups in total. The van der Waals surface area contributed by atoms with Gasteiger partial charge in [-0.15, -0.1) is 0 Å². The van der Waals surface area contributed by atoms with E-state index in [1.54, 1.807) is 12.3 Å². The van der Waals surface area contributed by atoms with Crippen molar-refractivity contribution >= 4 is 63.8 Å². The van der Waals surface area contributed by atoms with E-state index in [0.717, 1.165) is 50.6 Å². The SMILES string of the molecule is CN1CCN(c2cc(N3CCN(c4cc(Cl)cc(Cl)c4)CC3)c(F)cc2C=NNC(N)=S)CC1. The Morgan fingerprint density at radius 1 is 0.912 bits per heavy atom. The molecule has 182 valence electrons. The summed E-state index contributed by atoms with van der Waals surface area (Å²) in [5.41, 5.74) is 11.2. The van der Waals surface area contributed by atoms with Crippen molar-refractivity contribution < 1.29 is 4.39 Å². The summed E-state index contributed by atoms with van der Waals surface area (Å²) in [5, 5.41) is 5.34. The Hall–Kier alpha value is -2.33. The van der Waals surface area contributed by atoms with Crippen LogP contribution in [0.15, 0.2) is 35.4 Å². The normalized spacial score (nSPS) is 17.5. The maximum atomic E-state index is 15.3. The Morgan fingerprint density at radius 2 is 1.47 bits per heavy atom. The quantitative estimate of drug-likeness (QED) is 0.353. The van der Waals surface area contributed by atoms with E-state index in [0.29, 0.717) is 34.4 Å². The maximum Gasteiger partial charge on any atom is 0.184 e. The van der Waals surface area contributed by atoms with Gasteiger partial charge in [0.2, 0.25) is 0 Å². The van der Waals surface area contributed by atoms with Gasteiger partial charge >= 0.3 is 0 Å². The molecular weight excluding hydrogens is 496 g/mol. The average Bonchev–Trinajstić information content (AvgIpc) is 2.79. The number of nitrogens with two attached hydrogens (primary N) is 1. The van der Waals surface area contributed by atoms with Crippen LogP contribution < -0.4 is 25.9 Å². The molecule has 0 bridgehead atoms. The van der Waals surface area contributed by atoms with Gasteiger partial charge in [-0.05, 0) is 49.6 Å². The van der Waals surface area contributed by atoms with Crippen LogP contribution in [0.3, 0.4) is 0 Å². The Balaban J connectivity index is 1.56. The molecule has 2 aliphatic rings. The van der Waals surface area contributed by atoms with E-state index < -0.39 is 0 Å². The van der Waals surface area contributed by atoms with E-state index >= 15 is 4.39 Å². The number of rotatable bonds is 5. The molecule has 0 aliphatic carbocycles. The van der Waals surface area contributed by atoms with Crippen molar-refractivity contribution in [3.05, 3.63) is 51.8 Å². The zero-order chi connectivity index (χ0) is 24.2. The summed E-state index contributed by atoms with van der Waals surface area (Å²) in [5.74, 6) is -0.283. The van der Waals surface area contributed by atoms with Gasteiger partial charge in [-0.25, -0.2) is 4.39 Å². The number of nitrogens with one attached hydrogen (secondary N) is 1. The summed E-state index contributed by atoms with van der Waals surface area (Å²) in [7, 11) is 2.11. The molecule has 11 heteroatoms. The van der Waals surface area contributed by atoms with Crippen molar-refractivity contribution in [2.75, 3.05) is 74.1 Å². The van der Waals surface area contributed by atoms with Gasteiger partial charge < -0.3 is 25.3 Å². The second-order valence-electron chi connectivity index (χ2n) is 8.49. The third-order valence-corrected chi connectivity index (χ3v) is 6.68. The first-order valence-electron chi connectivity index (χ1n) is 11.1. The minimum absolute atomic E-state index is 0.0633. The molecule has 0 unspecified atom stereocenters. The monoisotopic (exact) mass is 523 g/mol. The zero-order valence-corrected chi connectivity index (χ0v) is 21.3. The number of likely N-dealkylation sites (N-methyl/N-ethyl adjacent to an activating group) is 1. The number of thiocarbonyl (C=S) groups is 1. The van der Waals surface area contributed by atoms with Crippen LogP contribution in [-0.2, 0) is 0 Å². The van der Waals surface area contributed by atoms with Gasteiger partial charge in [0, 0.05) is 79.3 Å². The summed E-state index contributed by atoms with van der Waals surface area (Å²) in [4.78, 5) is 8.86. The van der Waals surface area contributed by atoms with Gasteiger partial charge in [-0.3, -0.25) is 5.43 Å². The summed E-state index contributed by atoms with van der Waals surface area (Å²) in [6.45, 7) is 6.43. The van der Waals surface area contributed by atoms with Crippen LogP contribution in [0.1, 0.15) is 5.56 Å². The summed E-state index contributed by atoms with van der Waals surface area (Å²) >= 11 is 17.2. The number of nitrogens with zero attached hydrogens (tertiary/aromatic N) is 5. The molecule has 0 saturated carbocycles. The Kier molecular flexibility index (Phi) is 7.98. The van der Waals surface area contributed by atoms with E-state index in [9.17, 15) is 0 Å². The lowest BCUT2D eigenvalue weighted by molar-refractivity contribution is 0.313. The fourth-order valence-electron chi connectivity index (χ4n) is 4.33. The lowest BCUT2D eigenvalue weighted by Crippen LogP contribution is -2.47. The fourth-order valence-corrected chi connectivity index (χ4v) is 4.89. The van der Waals surface area contributed by atoms with Crippen LogP contribution in [0.5, 0.6) is 0 Å². The first-order chi connectivity index (χ1) is 16.3. The molecular formula is C23H28Cl2FN7S. The Labute approximate surface area is 214 Å². The Bertz CT molecular complexity index is 1050. The van der Waals surface area contributed by atoms with Gasteiger partial charge in [-0.1, -0.05) is 23.2 Å². The molecule has 34 heavy (non-hydrogen) atoms. The molecule has 2 aromatic carbocycles. The molecule has 2 saturated heterocycles. The smallest absolute Gasteiger partial charge is 0.184 e. The maximum absolute atomic E-state index is 15.3. The first-order valence-corrected chi connectivity index (χ1v) is 12.3. The highest BCUT2D eigenvalue weighted by molar-refractivity contribution is 7.80. The number of anilines is 3. The van der Waals surface area contributed by atoms with E-state index in [4.69, 9.17) is 41.2 Å². The van der Waals surface area contributed by atoms with Crippen LogP contribution in [0.4, 0.5) is 21.5 Å². The topological polar surface area (TPSA) is 63.4 Å². The van der Waals surface area contributed by atoms with E-state index in [1.165, 1.54) is 6.07 Å². The highest BCUT2D eigenvalue weighted by atomic mass is 35.5. The van der Waals surface area contributed by atoms with E-state index in [-0.39, 0.29) is 10.9 Å². The van der Waals surface area contributed by atoms with Crippen LogP contribution in [0.25, 0.3) is 0 Å². The zero-order valence-electron chi connectivity index (χ0n) is 19.0. The van der Waals surface area contributed by atoms with Crippen molar-refractivity contribution in [3.63, 3.8) is 0 Å². The number of hydrogen-bond acceptors (Lipinski definition) is 6. The van der Waals surface area contributed by atoms with E-state index in [2.05, 4.69) is 37.2 Å².